The van der Waals surface area contributed by atoms with Gasteiger partial charge in [0.1, 0.15) is 17.6 Å². The molecule has 0 aliphatic rings. The number of hydrogen-bond acceptors (Lipinski definition) is 8. The lowest BCUT2D eigenvalue weighted by Crippen LogP contribution is -2.33. The first kappa shape index (κ1) is 34.7. The summed E-state index contributed by atoms with van der Waals surface area (Å²) in [6.07, 6.45) is -2.37. The minimum Gasteiger partial charge on any atom is -0.492 e. The highest BCUT2D eigenvalue weighted by Gasteiger charge is 2.38. The number of aliphatic carboxylic acids is 1. The summed E-state index contributed by atoms with van der Waals surface area (Å²) >= 11 is 6.29. The summed E-state index contributed by atoms with van der Waals surface area (Å²) < 4.78 is 63.0. The Labute approximate surface area is 261 Å². The number of pyridine rings is 1. The number of ether oxygens (including phenoxy) is 1. The molecule has 1 unspecified atom stereocenters. The Kier molecular flexibility index (Phi) is 11.4. The molecule has 1 amide bonds. The molecule has 1 heterocycles. The van der Waals surface area contributed by atoms with Crippen molar-refractivity contribution in [2.24, 2.45) is 0 Å². The van der Waals surface area contributed by atoms with Crippen LogP contribution in [0.4, 0.5) is 30.4 Å². The van der Waals surface area contributed by atoms with Gasteiger partial charge < -0.3 is 26.2 Å². The van der Waals surface area contributed by atoms with Gasteiger partial charge >= 0.3 is 12.1 Å². The average Bonchev–Trinajstić information content (AvgIpc) is 2.95. The van der Waals surface area contributed by atoms with E-state index >= 15 is 0 Å². The Morgan fingerprint density at radius 1 is 1.07 bits per heavy atom. The third-order valence-corrected chi connectivity index (χ3v) is 6.82. The number of carbonyl (C=O) groups is 2. The normalized spacial score (nSPS) is 12.0. The number of aromatic nitrogens is 1. The number of fused-ring (bicyclic) bond motifs is 1. The highest BCUT2D eigenvalue weighted by atomic mass is 35.5. The topological polar surface area (TPSA) is 173 Å². The summed E-state index contributed by atoms with van der Waals surface area (Å²) in [5.41, 5.74) is 8.48. The maximum Gasteiger partial charge on any atom is 0.490 e. The third kappa shape index (κ3) is 10.4. The van der Waals surface area contributed by atoms with Crippen molar-refractivity contribution < 1.29 is 41.0 Å². The number of alkyl halides is 3. The first-order valence-corrected chi connectivity index (χ1v) is 15.3. The van der Waals surface area contributed by atoms with E-state index in [1.807, 2.05) is 31.2 Å². The Balaban J connectivity index is 0.000000707. The predicted octanol–water partition coefficient (Wildman–Crippen LogP) is 5.34. The Morgan fingerprint density at radius 3 is 2.42 bits per heavy atom. The van der Waals surface area contributed by atoms with Crippen LogP contribution in [-0.4, -0.2) is 49.4 Å². The maximum absolute atomic E-state index is 13.5. The van der Waals surface area contributed by atoms with E-state index in [0.717, 1.165) is 22.6 Å². The molecule has 1 aromatic heterocycles. The Morgan fingerprint density at radius 2 is 1.78 bits per heavy atom. The summed E-state index contributed by atoms with van der Waals surface area (Å²) in [6, 6.07) is 18.7. The molecule has 0 aliphatic heterocycles. The zero-order valence-electron chi connectivity index (χ0n) is 23.9. The van der Waals surface area contributed by atoms with Crippen molar-refractivity contribution in [3.8, 4) is 5.75 Å². The molecule has 0 spiro atoms. The van der Waals surface area contributed by atoms with Crippen molar-refractivity contribution in [3.63, 3.8) is 0 Å². The number of sulfonamides is 1. The van der Waals surface area contributed by atoms with Crippen LogP contribution in [0, 0.1) is 0 Å². The number of carboxylic acid groups (broad SMARTS) is 1. The Hall–Kier alpha value is -4.76. The molecular weight excluding hydrogens is 639 g/mol. The van der Waals surface area contributed by atoms with Gasteiger partial charge in [-0.2, -0.15) is 13.2 Å². The van der Waals surface area contributed by atoms with Crippen LogP contribution in [-0.2, 0) is 26.2 Å². The fraction of sp³-hybridized carbons (Fsp3) is 0.207. The lowest BCUT2D eigenvalue weighted by atomic mass is 10.0. The number of nitrogen functional groups attached to an aromatic ring is 1. The van der Waals surface area contributed by atoms with E-state index in [1.54, 1.807) is 48.7 Å². The fourth-order valence-electron chi connectivity index (χ4n) is 3.97. The molecule has 0 saturated carbocycles. The van der Waals surface area contributed by atoms with Gasteiger partial charge in [-0.05, 0) is 72.0 Å². The quantitative estimate of drug-likeness (QED) is 0.150. The van der Waals surface area contributed by atoms with Crippen LogP contribution in [0.15, 0.2) is 72.9 Å². The van der Waals surface area contributed by atoms with E-state index in [-0.39, 0.29) is 12.5 Å². The largest absolute Gasteiger partial charge is 0.492 e. The molecule has 11 nitrogen and oxygen atoms in total. The molecule has 4 rings (SSSR count). The van der Waals surface area contributed by atoms with Gasteiger partial charge in [0, 0.05) is 29.5 Å². The van der Waals surface area contributed by atoms with Gasteiger partial charge in [-0.1, -0.05) is 29.8 Å². The molecule has 45 heavy (non-hydrogen) atoms. The number of halogens is 4. The molecule has 4 aromatic rings. The highest BCUT2D eigenvalue weighted by molar-refractivity contribution is 7.92. The lowest BCUT2D eigenvalue weighted by Gasteiger charge is -2.21. The maximum atomic E-state index is 13.5. The minimum absolute atomic E-state index is 0.183. The molecular formula is C29H29ClF3N5O6S. The van der Waals surface area contributed by atoms with E-state index in [0.29, 0.717) is 40.1 Å². The smallest absolute Gasteiger partial charge is 0.490 e. The number of anilines is 3. The molecule has 0 radical (unpaired) electrons. The van der Waals surface area contributed by atoms with Gasteiger partial charge in [-0.3, -0.25) is 9.52 Å². The van der Waals surface area contributed by atoms with E-state index < -0.39 is 28.2 Å². The van der Waals surface area contributed by atoms with Crippen molar-refractivity contribution >= 4 is 61.5 Å². The monoisotopic (exact) mass is 667 g/mol. The van der Waals surface area contributed by atoms with Crippen molar-refractivity contribution in [1.82, 2.24) is 10.3 Å². The van der Waals surface area contributed by atoms with Gasteiger partial charge in [-0.25, -0.2) is 18.2 Å². The van der Waals surface area contributed by atoms with Crippen molar-refractivity contribution in [2.45, 2.75) is 25.7 Å². The second kappa shape index (κ2) is 14.8. The number of benzene rings is 3. The van der Waals surface area contributed by atoms with Crippen LogP contribution in [0.25, 0.3) is 10.8 Å². The van der Waals surface area contributed by atoms with Crippen molar-refractivity contribution in [1.29, 1.82) is 0 Å². The average molecular weight is 668 g/mol. The number of carboxylic acids is 1. The minimum atomic E-state index is -5.08. The van der Waals surface area contributed by atoms with Crippen molar-refractivity contribution in [3.05, 3.63) is 89.1 Å². The van der Waals surface area contributed by atoms with E-state index in [4.69, 9.17) is 32.0 Å². The summed E-state index contributed by atoms with van der Waals surface area (Å²) in [7, 11) is -3.42. The molecule has 1 atom stereocenters. The molecule has 0 bridgehead atoms. The molecule has 0 fully saturated rings. The number of nitrogens with one attached hydrogen (secondary N) is 3. The van der Waals surface area contributed by atoms with E-state index in [2.05, 4.69) is 20.3 Å². The summed E-state index contributed by atoms with van der Waals surface area (Å²) in [4.78, 5) is 26.5. The number of hydrogen-bond donors (Lipinski definition) is 5. The molecule has 0 aliphatic carbocycles. The van der Waals surface area contributed by atoms with Gasteiger partial charge in [0.25, 0.3) is 0 Å². The van der Waals surface area contributed by atoms with Crippen LogP contribution in [0.1, 0.15) is 24.1 Å². The second-order valence-corrected chi connectivity index (χ2v) is 11.6. The predicted molar refractivity (Wildman–Crippen MR) is 166 cm³/mol. The lowest BCUT2D eigenvalue weighted by molar-refractivity contribution is -0.192. The van der Waals surface area contributed by atoms with Gasteiger partial charge in [0.05, 0.1) is 17.9 Å². The SMILES string of the molecule is CCOc1cc(C(Nc2ccc3c(N)nccc3c2)C(=O)NCc2cccc(NS(C)(=O)=O)c2)ccc1Cl.O=C(O)C(F)(F)F. The third-order valence-electron chi connectivity index (χ3n) is 5.90. The fourth-order valence-corrected chi connectivity index (χ4v) is 4.70. The molecule has 6 N–H and O–H groups in total. The van der Waals surface area contributed by atoms with Gasteiger partial charge in [-0.15, -0.1) is 0 Å². The van der Waals surface area contributed by atoms with Crippen LogP contribution >= 0.6 is 11.6 Å². The van der Waals surface area contributed by atoms with Gasteiger partial charge in [0.2, 0.25) is 15.9 Å². The van der Waals surface area contributed by atoms with Crippen molar-refractivity contribution in [2.75, 3.05) is 28.6 Å². The van der Waals surface area contributed by atoms with Crippen LogP contribution < -0.4 is 25.8 Å². The standard InChI is InChI=1S/C27H28ClN5O4S.C2HF3O2/c1-3-37-24-15-19(7-10-23(24)28)25(32-20-8-9-22-18(14-20)11-12-30-26(22)29)27(34)31-16-17-5-4-6-21(13-17)33-38(2,35)36;3-2(4,5)1(6)7/h4-15,25,32-33H,3,16H2,1-2H3,(H2,29,30)(H,31,34);(H,6,7). The summed E-state index contributed by atoms with van der Waals surface area (Å²) in [5, 5.41) is 15.5. The molecule has 3 aromatic carbocycles. The van der Waals surface area contributed by atoms with E-state index in [9.17, 15) is 26.4 Å². The summed E-state index contributed by atoms with van der Waals surface area (Å²) in [5.74, 6) is -2.16. The van der Waals surface area contributed by atoms with Crippen LogP contribution in [0.2, 0.25) is 5.02 Å². The molecule has 16 heteroatoms. The van der Waals surface area contributed by atoms with Crippen LogP contribution in [0.5, 0.6) is 5.75 Å². The van der Waals surface area contributed by atoms with E-state index in [1.165, 1.54) is 0 Å². The van der Waals surface area contributed by atoms with Crippen LogP contribution in [0.3, 0.4) is 0 Å². The number of nitrogens with zero attached hydrogens (tertiary/aromatic N) is 1. The number of nitrogens with two attached hydrogens (primary N) is 1. The number of carbonyl (C=O) groups excluding carboxylic acids is 1. The zero-order valence-corrected chi connectivity index (χ0v) is 25.4. The zero-order chi connectivity index (χ0) is 33.4. The molecule has 240 valence electrons. The Bertz CT molecular complexity index is 1790. The first-order chi connectivity index (χ1) is 21.1. The molecule has 0 saturated heterocycles. The van der Waals surface area contributed by atoms with Gasteiger partial charge in [0.15, 0.2) is 0 Å². The number of rotatable bonds is 10. The number of amides is 1. The second-order valence-electron chi connectivity index (χ2n) is 9.43. The first-order valence-electron chi connectivity index (χ1n) is 13.0. The summed E-state index contributed by atoms with van der Waals surface area (Å²) in [6.45, 7) is 2.46. The highest BCUT2D eigenvalue weighted by Crippen LogP contribution is 2.31.